The first kappa shape index (κ1) is 27.5. The highest BCUT2D eigenvalue weighted by Gasteiger charge is 2.10. The largest absolute Gasteiger partial charge is 0.247 e. The van der Waals surface area contributed by atoms with E-state index >= 15 is 0 Å². The zero-order valence-corrected chi connectivity index (χ0v) is 22.0. The molecule has 1 atom stereocenters. The van der Waals surface area contributed by atoms with Gasteiger partial charge in [-0.2, -0.15) is 5.10 Å². The molecule has 3 heteroatoms. The summed E-state index contributed by atoms with van der Waals surface area (Å²) in [5.74, 6) is 0. The molecule has 2 nitrogen and oxygen atoms in total. The summed E-state index contributed by atoms with van der Waals surface area (Å²) in [4.78, 5) is 0. The third kappa shape index (κ3) is 9.18. The molecular formula is C33H41FN2. The van der Waals surface area contributed by atoms with Crippen molar-refractivity contribution in [1.29, 1.82) is 0 Å². The molecule has 0 aliphatic rings. The number of hydrogen-bond acceptors (Lipinski definition) is 2. The first-order valence-electron chi connectivity index (χ1n) is 13.7. The summed E-state index contributed by atoms with van der Waals surface area (Å²) < 4.78 is 14.2. The molecule has 0 fully saturated rings. The molecule has 0 saturated heterocycles. The summed E-state index contributed by atoms with van der Waals surface area (Å²) >= 11 is 0. The Morgan fingerprint density at radius 1 is 0.750 bits per heavy atom. The Bertz CT molecular complexity index is 1070. The Morgan fingerprint density at radius 2 is 1.42 bits per heavy atom. The van der Waals surface area contributed by atoms with Crippen molar-refractivity contribution in [2.75, 3.05) is 0 Å². The summed E-state index contributed by atoms with van der Waals surface area (Å²) in [5, 5.41) is 9.19. The van der Waals surface area contributed by atoms with Crippen LogP contribution in [0.4, 0.5) is 4.39 Å². The number of nitrogens with zero attached hydrogens (tertiary/aromatic N) is 2. The number of hydrogen-bond donors (Lipinski definition) is 0. The van der Waals surface area contributed by atoms with Crippen LogP contribution in [0, 0.1) is 0 Å². The molecule has 0 aliphatic carbocycles. The number of aryl methyl sites for hydroxylation is 1. The van der Waals surface area contributed by atoms with Crippen LogP contribution in [0.2, 0.25) is 0 Å². The third-order valence-corrected chi connectivity index (χ3v) is 6.56. The second kappa shape index (κ2) is 15.8. The van der Waals surface area contributed by atoms with Crippen LogP contribution in [0.15, 0.2) is 89.1 Å². The summed E-state index contributed by atoms with van der Waals surface area (Å²) in [6, 6.07) is 26.7. The minimum absolute atomic E-state index is 0.464. The summed E-state index contributed by atoms with van der Waals surface area (Å²) in [6.07, 6.45) is 11.6. The van der Waals surface area contributed by atoms with Gasteiger partial charge < -0.3 is 0 Å². The summed E-state index contributed by atoms with van der Waals surface area (Å²) in [6.45, 7) is 4.35. The maximum atomic E-state index is 14.2. The van der Waals surface area contributed by atoms with E-state index in [1.165, 1.54) is 37.7 Å². The highest BCUT2D eigenvalue weighted by atomic mass is 19.1. The van der Waals surface area contributed by atoms with Gasteiger partial charge in [-0.3, -0.25) is 0 Å². The zero-order chi connectivity index (χ0) is 25.4. The Hall–Kier alpha value is -3.07. The molecule has 3 aromatic rings. The Balaban J connectivity index is 1.76. The van der Waals surface area contributed by atoms with Crippen molar-refractivity contribution in [2.24, 2.45) is 10.2 Å². The molecule has 0 bridgehead atoms. The molecule has 0 amide bonds. The van der Waals surface area contributed by atoms with Crippen LogP contribution in [0.25, 0.3) is 0 Å². The molecule has 0 spiro atoms. The monoisotopic (exact) mass is 484 g/mol. The van der Waals surface area contributed by atoms with Gasteiger partial charge in [-0.05, 0) is 36.0 Å². The van der Waals surface area contributed by atoms with Crippen LogP contribution in [-0.4, -0.2) is 18.1 Å². The van der Waals surface area contributed by atoms with Gasteiger partial charge in [-0.15, -0.1) is 5.10 Å². The quantitative estimate of drug-likeness (QED) is 0.117. The second-order valence-corrected chi connectivity index (χ2v) is 9.56. The SMILES string of the molecule is CCCCCCCc1ccccc1C=NN=C(c1ccccc1)c1ccc(CC(F)CCCC)cc1. The van der Waals surface area contributed by atoms with Crippen molar-refractivity contribution in [2.45, 2.75) is 84.2 Å². The van der Waals surface area contributed by atoms with E-state index in [0.717, 1.165) is 47.2 Å². The fraction of sp³-hybridized carbons (Fsp3) is 0.394. The lowest BCUT2D eigenvalue weighted by atomic mass is 9.99. The number of rotatable bonds is 15. The van der Waals surface area contributed by atoms with Gasteiger partial charge in [0, 0.05) is 17.5 Å². The van der Waals surface area contributed by atoms with E-state index in [2.05, 4.69) is 60.4 Å². The lowest BCUT2D eigenvalue weighted by molar-refractivity contribution is 0.305. The van der Waals surface area contributed by atoms with Crippen LogP contribution >= 0.6 is 0 Å². The van der Waals surface area contributed by atoms with Crippen molar-refractivity contribution in [3.63, 3.8) is 0 Å². The van der Waals surface area contributed by atoms with Crippen molar-refractivity contribution in [1.82, 2.24) is 0 Å². The van der Waals surface area contributed by atoms with Gasteiger partial charge in [0.25, 0.3) is 0 Å². The maximum absolute atomic E-state index is 14.2. The highest BCUT2D eigenvalue weighted by molar-refractivity contribution is 6.13. The van der Waals surface area contributed by atoms with E-state index in [4.69, 9.17) is 0 Å². The van der Waals surface area contributed by atoms with Gasteiger partial charge in [-0.1, -0.05) is 131 Å². The van der Waals surface area contributed by atoms with Gasteiger partial charge in [-0.25, -0.2) is 4.39 Å². The average molecular weight is 485 g/mol. The van der Waals surface area contributed by atoms with E-state index in [1.54, 1.807) is 0 Å². The third-order valence-electron chi connectivity index (χ3n) is 6.56. The maximum Gasteiger partial charge on any atom is 0.104 e. The van der Waals surface area contributed by atoms with Gasteiger partial charge >= 0.3 is 0 Å². The van der Waals surface area contributed by atoms with Crippen LogP contribution in [0.3, 0.4) is 0 Å². The van der Waals surface area contributed by atoms with E-state index in [-0.39, 0.29) is 0 Å². The molecule has 0 aliphatic heterocycles. The Kier molecular flexibility index (Phi) is 12.1. The van der Waals surface area contributed by atoms with Crippen molar-refractivity contribution in [3.05, 3.63) is 107 Å². The molecule has 0 heterocycles. The molecule has 0 radical (unpaired) electrons. The van der Waals surface area contributed by atoms with Gasteiger partial charge in [0.05, 0.1) is 6.21 Å². The van der Waals surface area contributed by atoms with Crippen molar-refractivity contribution in [3.8, 4) is 0 Å². The lowest BCUT2D eigenvalue weighted by Crippen LogP contribution is -2.06. The molecule has 0 aromatic heterocycles. The van der Waals surface area contributed by atoms with Gasteiger partial charge in [0.1, 0.15) is 11.9 Å². The smallest absolute Gasteiger partial charge is 0.104 e. The van der Waals surface area contributed by atoms with Crippen molar-refractivity contribution >= 4 is 11.9 Å². The number of benzene rings is 3. The molecule has 1 unspecified atom stereocenters. The molecular weight excluding hydrogens is 443 g/mol. The van der Waals surface area contributed by atoms with Crippen LogP contribution in [0.1, 0.15) is 93.0 Å². The van der Waals surface area contributed by atoms with Gasteiger partial charge in [0.2, 0.25) is 0 Å². The molecule has 3 rings (SSSR count). The predicted octanol–water partition coefficient (Wildman–Crippen LogP) is 9.14. The Morgan fingerprint density at radius 3 is 2.17 bits per heavy atom. The van der Waals surface area contributed by atoms with Crippen molar-refractivity contribution < 1.29 is 4.39 Å². The first-order chi connectivity index (χ1) is 17.7. The van der Waals surface area contributed by atoms with E-state index in [9.17, 15) is 4.39 Å². The standard InChI is InChI=1S/C33H41FN2/c1-3-5-7-8-10-15-28-16-13-14-19-31(28)26-35-36-33(29-17-11-9-12-18-29)30-23-21-27(22-24-30)25-32(34)20-6-4-2/h9,11-14,16-19,21-24,26,32H,3-8,10,15,20,25H2,1-2H3. The van der Waals surface area contributed by atoms with Crippen LogP contribution in [-0.2, 0) is 12.8 Å². The van der Waals surface area contributed by atoms with Gasteiger partial charge in [0.15, 0.2) is 0 Å². The Labute approximate surface area is 217 Å². The average Bonchev–Trinajstić information content (AvgIpc) is 2.91. The molecule has 0 saturated carbocycles. The van der Waals surface area contributed by atoms with E-state index in [1.807, 2.05) is 48.7 Å². The van der Waals surface area contributed by atoms with E-state index < -0.39 is 6.17 Å². The molecule has 0 N–H and O–H groups in total. The fourth-order valence-corrected chi connectivity index (χ4v) is 4.42. The molecule has 190 valence electrons. The van der Waals surface area contributed by atoms with Crippen LogP contribution in [0.5, 0.6) is 0 Å². The fourth-order valence-electron chi connectivity index (χ4n) is 4.42. The van der Waals surface area contributed by atoms with Crippen LogP contribution < -0.4 is 0 Å². The summed E-state index contributed by atoms with van der Waals surface area (Å²) in [7, 11) is 0. The summed E-state index contributed by atoms with van der Waals surface area (Å²) in [5.41, 5.74) is 6.28. The topological polar surface area (TPSA) is 24.7 Å². The van der Waals surface area contributed by atoms with E-state index in [0.29, 0.717) is 12.8 Å². The minimum atomic E-state index is -0.783. The number of alkyl halides is 1. The zero-order valence-electron chi connectivity index (χ0n) is 22.0. The normalized spacial score (nSPS) is 12.8. The number of halogens is 1. The minimum Gasteiger partial charge on any atom is -0.247 e. The first-order valence-corrected chi connectivity index (χ1v) is 13.7. The second-order valence-electron chi connectivity index (χ2n) is 9.56. The predicted molar refractivity (Wildman–Crippen MR) is 153 cm³/mol. The highest BCUT2D eigenvalue weighted by Crippen LogP contribution is 2.17. The number of unbranched alkanes of at least 4 members (excludes halogenated alkanes) is 5. The molecule has 36 heavy (non-hydrogen) atoms. The lowest BCUT2D eigenvalue weighted by Gasteiger charge is -2.10. The molecule has 3 aromatic carbocycles.